The lowest BCUT2D eigenvalue weighted by Gasteiger charge is -2.16. The van der Waals surface area contributed by atoms with Gasteiger partial charge in [-0.15, -0.1) is 0 Å². The van der Waals surface area contributed by atoms with Gasteiger partial charge in [0.15, 0.2) is 0 Å². The molecule has 1 heterocycles. The van der Waals surface area contributed by atoms with Crippen molar-refractivity contribution in [3.63, 3.8) is 0 Å². The van der Waals surface area contributed by atoms with Crippen molar-refractivity contribution in [2.24, 2.45) is 5.73 Å². The van der Waals surface area contributed by atoms with E-state index in [1.54, 1.807) is 0 Å². The summed E-state index contributed by atoms with van der Waals surface area (Å²) in [7, 11) is 0. The maximum absolute atomic E-state index is 11.8. The van der Waals surface area contributed by atoms with Crippen LogP contribution in [0.25, 0.3) is 0 Å². The molecule has 1 rings (SSSR count). The van der Waals surface area contributed by atoms with Crippen molar-refractivity contribution >= 4 is 17.7 Å². The molecule has 1 aliphatic rings. The molecule has 1 fully saturated rings. The molecule has 0 aliphatic carbocycles. The van der Waals surface area contributed by atoms with E-state index in [9.17, 15) is 14.4 Å². The number of amides is 3. The van der Waals surface area contributed by atoms with Crippen molar-refractivity contribution in [2.45, 2.75) is 31.8 Å². The van der Waals surface area contributed by atoms with Crippen LogP contribution in [0.1, 0.15) is 19.8 Å². The molecule has 3 N–H and O–H groups in total. The van der Waals surface area contributed by atoms with Gasteiger partial charge in [-0.25, -0.2) is 0 Å². The molecule has 2 atom stereocenters. The number of primary amides is 1. The van der Waals surface area contributed by atoms with E-state index in [4.69, 9.17) is 11.0 Å². The van der Waals surface area contributed by atoms with Crippen LogP contribution in [0, 0.1) is 11.3 Å². The van der Waals surface area contributed by atoms with Crippen LogP contribution in [0.3, 0.4) is 0 Å². The van der Waals surface area contributed by atoms with Crippen LogP contribution in [0.4, 0.5) is 0 Å². The molecule has 17 heavy (non-hydrogen) atoms. The number of carbonyl (C=O) groups excluding carboxylic acids is 3. The number of nitrogens with two attached hydrogens (primary N) is 1. The number of carbonyl (C=O) groups is 3. The molecule has 0 aromatic rings. The number of rotatable bonds is 5. The molecule has 0 saturated carbocycles. The standard InChI is InChI=1S/C10H14N4O3/c1-6(15)13-8(2-3-9(12)16)10(17)14-5-7(14)4-11/h7-8H,2-3,5H2,1H3,(H2,12,16)(H,13,15)/t7?,8-,14?/m0/s1. The van der Waals surface area contributed by atoms with E-state index in [1.165, 1.54) is 11.8 Å². The number of nitrogens with zero attached hydrogens (tertiary/aromatic N) is 2. The minimum absolute atomic E-state index is 0.0156. The number of nitrogens with one attached hydrogen (secondary N) is 1. The zero-order valence-corrected chi connectivity index (χ0v) is 9.47. The first kappa shape index (κ1) is 13.0. The van der Waals surface area contributed by atoms with Crippen molar-refractivity contribution < 1.29 is 14.4 Å². The molecule has 1 aliphatic heterocycles. The minimum Gasteiger partial charge on any atom is -0.370 e. The highest BCUT2D eigenvalue weighted by molar-refractivity contribution is 5.89. The van der Waals surface area contributed by atoms with Gasteiger partial charge in [0, 0.05) is 13.3 Å². The third-order valence-electron chi connectivity index (χ3n) is 2.40. The highest BCUT2D eigenvalue weighted by Gasteiger charge is 2.41. The summed E-state index contributed by atoms with van der Waals surface area (Å²) >= 11 is 0. The quantitative estimate of drug-likeness (QED) is 0.566. The maximum Gasteiger partial charge on any atom is 0.246 e. The molecule has 7 heteroatoms. The summed E-state index contributed by atoms with van der Waals surface area (Å²) < 4.78 is 0. The normalized spacial score (nSPS) is 19.1. The van der Waals surface area contributed by atoms with Gasteiger partial charge in [0.1, 0.15) is 12.1 Å². The van der Waals surface area contributed by atoms with Crippen LogP contribution < -0.4 is 11.1 Å². The molecule has 1 unspecified atom stereocenters. The minimum atomic E-state index is -0.779. The van der Waals surface area contributed by atoms with Crippen molar-refractivity contribution in [3.8, 4) is 6.07 Å². The summed E-state index contributed by atoms with van der Waals surface area (Å²) in [6.07, 6.45) is 0.171. The van der Waals surface area contributed by atoms with Crippen LogP contribution in [0.2, 0.25) is 0 Å². The Hall–Kier alpha value is -2.10. The zero-order chi connectivity index (χ0) is 13.0. The van der Waals surface area contributed by atoms with Crippen molar-refractivity contribution in [3.05, 3.63) is 0 Å². The van der Waals surface area contributed by atoms with E-state index >= 15 is 0 Å². The molecular weight excluding hydrogens is 224 g/mol. The Labute approximate surface area is 98.5 Å². The Balaban J connectivity index is 2.56. The van der Waals surface area contributed by atoms with Gasteiger partial charge in [0.05, 0.1) is 12.6 Å². The van der Waals surface area contributed by atoms with E-state index in [0.29, 0.717) is 6.54 Å². The second kappa shape index (κ2) is 5.30. The first-order valence-electron chi connectivity index (χ1n) is 5.21. The Morgan fingerprint density at radius 1 is 1.59 bits per heavy atom. The average molecular weight is 238 g/mol. The first-order chi connectivity index (χ1) is 7.95. The van der Waals surface area contributed by atoms with Crippen molar-refractivity contribution in [2.75, 3.05) is 6.54 Å². The monoisotopic (exact) mass is 238 g/mol. The number of nitriles is 1. The smallest absolute Gasteiger partial charge is 0.246 e. The summed E-state index contributed by atoms with van der Waals surface area (Å²) in [6, 6.07) is 0.755. The summed E-state index contributed by atoms with van der Waals surface area (Å²) in [6.45, 7) is 1.66. The van der Waals surface area contributed by atoms with Crippen molar-refractivity contribution in [1.29, 1.82) is 5.26 Å². The summed E-state index contributed by atoms with van der Waals surface area (Å²) in [5.41, 5.74) is 4.99. The van der Waals surface area contributed by atoms with Gasteiger partial charge in [-0.1, -0.05) is 0 Å². The number of hydrogen-bond acceptors (Lipinski definition) is 4. The molecule has 0 aromatic carbocycles. The van der Waals surface area contributed by atoms with Gasteiger partial charge < -0.3 is 16.0 Å². The molecule has 3 amide bonds. The van der Waals surface area contributed by atoms with Gasteiger partial charge >= 0.3 is 0 Å². The summed E-state index contributed by atoms with van der Waals surface area (Å²) in [4.78, 5) is 34.8. The Morgan fingerprint density at radius 2 is 2.24 bits per heavy atom. The first-order valence-corrected chi connectivity index (χ1v) is 5.21. The molecule has 0 spiro atoms. The molecule has 0 bridgehead atoms. The Kier molecular flexibility index (Phi) is 4.04. The second-order valence-corrected chi connectivity index (χ2v) is 3.89. The van der Waals surface area contributed by atoms with Crippen LogP contribution in [-0.2, 0) is 14.4 Å². The lowest BCUT2D eigenvalue weighted by atomic mass is 10.1. The van der Waals surface area contributed by atoms with Crippen LogP contribution in [-0.4, -0.2) is 41.2 Å². The predicted octanol–water partition coefficient (Wildman–Crippen LogP) is -1.51. The van der Waals surface area contributed by atoms with Crippen LogP contribution >= 0.6 is 0 Å². The highest BCUT2D eigenvalue weighted by Crippen LogP contribution is 2.18. The molecular formula is C10H14N4O3. The number of hydrogen-bond donors (Lipinski definition) is 2. The average Bonchev–Trinajstić information content (AvgIpc) is 3.01. The molecule has 92 valence electrons. The lowest BCUT2D eigenvalue weighted by molar-refractivity contribution is -0.132. The predicted molar refractivity (Wildman–Crippen MR) is 57.1 cm³/mol. The lowest BCUT2D eigenvalue weighted by Crippen LogP contribution is -2.43. The van der Waals surface area contributed by atoms with E-state index in [2.05, 4.69) is 5.32 Å². The Morgan fingerprint density at radius 3 is 2.65 bits per heavy atom. The summed E-state index contributed by atoms with van der Waals surface area (Å²) in [5, 5.41) is 11.1. The van der Waals surface area contributed by atoms with Gasteiger partial charge in [-0.2, -0.15) is 5.26 Å². The third kappa shape index (κ3) is 3.75. The Bertz CT molecular complexity index is 388. The maximum atomic E-state index is 11.8. The fourth-order valence-electron chi connectivity index (χ4n) is 1.48. The van der Waals surface area contributed by atoms with Gasteiger partial charge in [0.2, 0.25) is 17.7 Å². The molecule has 0 radical (unpaired) electrons. The van der Waals surface area contributed by atoms with E-state index < -0.39 is 18.0 Å². The van der Waals surface area contributed by atoms with Gasteiger partial charge in [-0.05, 0) is 6.42 Å². The summed E-state index contributed by atoms with van der Waals surface area (Å²) in [5.74, 6) is -1.23. The zero-order valence-electron chi connectivity index (χ0n) is 9.47. The molecule has 7 nitrogen and oxygen atoms in total. The van der Waals surface area contributed by atoms with E-state index in [1.807, 2.05) is 6.07 Å². The topological polar surface area (TPSA) is 116 Å². The second-order valence-electron chi connectivity index (χ2n) is 3.89. The van der Waals surface area contributed by atoms with Crippen LogP contribution in [0.15, 0.2) is 0 Å². The largest absolute Gasteiger partial charge is 0.370 e. The van der Waals surface area contributed by atoms with Gasteiger partial charge in [-0.3, -0.25) is 14.4 Å². The van der Waals surface area contributed by atoms with Crippen LogP contribution in [0.5, 0.6) is 0 Å². The SMILES string of the molecule is CC(=O)N[C@@H](CCC(N)=O)C(=O)N1CC1C#N. The molecule has 1 saturated heterocycles. The van der Waals surface area contributed by atoms with Crippen molar-refractivity contribution in [1.82, 2.24) is 10.2 Å². The van der Waals surface area contributed by atoms with E-state index in [-0.39, 0.29) is 24.7 Å². The highest BCUT2D eigenvalue weighted by atomic mass is 16.2. The molecule has 0 aromatic heterocycles. The van der Waals surface area contributed by atoms with Gasteiger partial charge in [0.25, 0.3) is 0 Å². The third-order valence-corrected chi connectivity index (χ3v) is 2.40. The fourth-order valence-corrected chi connectivity index (χ4v) is 1.48. The van der Waals surface area contributed by atoms with E-state index in [0.717, 1.165) is 0 Å². The fraction of sp³-hybridized carbons (Fsp3) is 0.600.